The van der Waals surface area contributed by atoms with E-state index in [0.29, 0.717) is 24.2 Å². The molecule has 0 atom stereocenters. The van der Waals surface area contributed by atoms with Crippen LogP contribution in [0.2, 0.25) is 0 Å². The predicted molar refractivity (Wildman–Crippen MR) is 110 cm³/mol. The zero-order valence-electron chi connectivity index (χ0n) is 17.3. The molecule has 1 N–H and O–H groups in total. The van der Waals surface area contributed by atoms with Gasteiger partial charge >= 0.3 is 6.18 Å². The van der Waals surface area contributed by atoms with Gasteiger partial charge < -0.3 is 10.1 Å². The van der Waals surface area contributed by atoms with E-state index in [1.807, 2.05) is 0 Å². The van der Waals surface area contributed by atoms with Gasteiger partial charge in [-0.05, 0) is 54.8 Å². The van der Waals surface area contributed by atoms with Crippen LogP contribution < -0.4 is 10.1 Å². The van der Waals surface area contributed by atoms with Crippen molar-refractivity contribution in [1.29, 1.82) is 0 Å². The summed E-state index contributed by atoms with van der Waals surface area (Å²) >= 11 is 0. The minimum atomic E-state index is -4.37. The Labute approximate surface area is 180 Å². The first-order valence-corrected chi connectivity index (χ1v) is 11.0. The molecule has 0 radical (unpaired) electrons. The maximum atomic E-state index is 12.6. The van der Waals surface area contributed by atoms with Crippen LogP contribution in [-0.2, 0) is 27.4 Å². The van der Waals surface area contributed by atoms with Crippen LogP contribution in [0.3, 0.4) is 0 Å². The number of nitrogens with one attached hydrogen (secondary N) is 1. The maximum absolute atomic E-state index is 12.6. The lowest BCUT2D eigenvalue weighted by Gasteiger charge is -2.17. The molecule has 0 bridgehead atoms. The number of sulfonamides is 1. The number of benzene rings is 2. The average Bonchev–Trinajstić information content (AvgIpc) is 2.73. The zero-order valence-corrected chi connectivity index (χ0v) is 18.1. The van der Waals surface area contributed by atoms with Crippen molar-refractivity contribution in [2.75, 3.05) is 27.2 Å². The van der Waals surface area contributed by atoms with E-state index in [9.17, 15) is 26.4 Å². The summed E-state index contributed by atoms with van der Waals surface area (Å²) < 4.78 is 68.9. The summed E-state index contributed by atoms with van der Waals surface area (Å²) in [6.07, 6.45) is -3.51. The largest absolute Gasteiger partial charge is 0.497 e. The maximum Gasteiger partial charge on any atom is 0.416 e. The van der Waals surface area contributed by atoms with Crippen molar-refractivity contribution in [3.05, 3.63) is 59.7 Å². The number of ether oxygens (including phenoxy) is 1. The number of methoxy groups -OCH3 is 1. The third kappa shape index (κ3) is 7.25. The molecule has 31 heavy (non-hydrogen) atoms. The van der Waals surface area contributed by atoms with Gasteiger partial charge in [0.05, 0.1) is 17.6 Å². The number of hydrogen-bond donors (Lipinski definition) is 1. The molecule has 0 fully saturated rings. The van der Waals surface area contributed by atoms with E-state index in [0.717, 1.165) is 12.1 Å². The molecule has 0 saturated carbocycles. The molecular weight excluding hydrogens is 433 g/mol. The Morgan fingerprint density at radius 3 is 2.23 bits per heavy atom. The molecule has 0 saturated heterocycles. The molecule has 6 nitrogen and oxygen atoms in total. The highest BCUT2D eigenvalue weighted by molar-refractivity contribution is 7.89. The van der Waals surface area contributed by atoms with Crippen molar-refractivity contribution >= 4 is 15.9 Å². The second kappa shape index (κ2) is 10.6. The van der Waals surface area contributed by atoms with Gasteiger partial charge in [0.1, 0.15) is 5.75 Å². The lowest BCUT2D eigenvalue weighted by atomic mass is 10.1. The smallest absolute Gasteiger partial charge is 0.416 e. The van der Waals surface area contributed by atoms with Crippen LogP contribution in [0.1, 0.15) is 24.0 Å². The van der Waals surface area contributed by atoms with Gasteiger partial charge in [0, 0.05) is 26.6 Å². The minimum absolute atomic E-state index is 0.134. The van der Waals surface area contributed by atoms with Gasteiger partial charge in [-0.15, -0.1) is 0 Å². The van der Waals surface area contributed by atoms with Gasteiger partial charge in [-0.25, -0.2) is 12.7 Å². The van der Waals surface area contributed by atoms with Crippen LogP contribution in [0.5, 0.6) is 5.75 Å². The van der Waals surface area contributed by atoms with Crippen LogP contribution in [-0.4, -0.2) is 45.9 Å². The fraction of sp³-hybridized carbons (Fsp3) is 0.381. The van der Waals surface area contributed by atoms with E-state index in [4.69, 9.17) is 4.74 Å². The molecule has 2 aromatic rings. The van der Waals surface area contributed by atoms with E-state index >= 15 is 0 Å². The first-order valence-electron chi connectivity index (χ1n) is 9.57. The van der Waals surface area contributed by atoms with Crippen LogP contribution >= 0.6 is 0 Å². The normalized spacial score (nSPS) is 12.1. The van der Waals surface area contributed by atoms with E-state index in [1.165, 1.54) is 42.7 Å². The number of amides is 1. The monoisotopic (exact) mass is 458 g/mol. The summed E-state index contributed by atoms with van der Waals surface area (Å²) in [5, 5.41) is 2.69. The molecular formula is C21H25F3N2O4S. The van der Waals surface area contributed by atoms with Gasteiger partial charge in [-0.2, -0.15) is 13.2 Å². The highest BCUT2D eigenvalue weighted by atomic mass is 32.2. The van der Waals surface area contributed by atoms with Crippen LogP contribution in [0, 0.1) is 0 Å². The summed E-state index contributed by atoms with van der Waals surface area (Å²) in [7, 11) is -0.726. The Balaban J connectivity index is 1.73. The van der Waals surface area contributed by atoms with E-state index < -0.39 is 21.8 Å². The highest BCUT2D eigenvalue weighted by Crippen LogP contribution is 2.29. The lowest BCUT2D eigenvalue weighted by Crippen LogP contribution is -2.30. The Bertz CT molecular complexity index is 960. The topological polar surface area (TPSA) is 75.7 Å². The van der Waals surface area contributed by atoms with Crippen molar-refractivity contribution in [1.82, 2.24) is 9.62 Å². The molecule has 0 aromatic heterocycles. The van der Waals surface area contributed by atoms with Crippen molar-refractivity contribution in [2.24, 2.45) is 0 Å². The standard InChI is InChI=1S/C21H25F3N2O4S/c1-26(31(28,29)19-11-9-18(30-2)10-12-19)15-3-4-20(27)25-14-13-16-5-7-17(8-6-16)21(22,23)24/h5-12H,3-4,13-15H2,1-2H3,(H,25,27). The van der Waals surface area contributed by atoms with Gasteiger partial charge in [0.15, 0.2) is 0 Å². The van der Waals surface area contributed by atoms with Crippen molar-refractivity contribution in [2.45, 2.75) is 30.3 Å². The third-order valence-corrected chi connectivity index (χ3v) is 6.53. The second-order valence-electron chi connectivity index (χ2n) is 6.90. The quantitative estimate of drug-likeness (QED) is 0.592. The van der Waals surface area contributed by atoms with Crippen molar-refractivity contribution < 1.29 is 31.1 Å². The van der Waals surface area contributed by atoms with Crippen LogP contribution in [0.4, 0.5) is 13.2 Å². The number of nitrogens with zero attached hydrogens (tertiary/aromatic N) is 1. The Kier molecular flexibility index (Phi) is 8.46. The summed E-state index contributed by atoms with van der Waals surface area (Å²) in [5.74, 6) is 0.303. The van der Waals surface area contributed by atoms with Gasteiger partial charge in [-0.1, -0.05) is 12.1 Å². The number of hydrogen-bond acceptors (Lipinski definition) is 4. The molecule has 170 valence electrons. The lowest BCUT2D eigenvalue weighted by molar-refractivity contribution is -0.137. The highest BCUT2D eigenvalue weighted by Gasteiger charge is 2.29. The number of carbonyl (C=O) groups excluding carboxylic acids is 1. The summed E-state index contributed by atoms with van der Waals surface area (Å²) in [6, 6.07) is 10.8. The van der Waals surface area contributed by atoms with Crippen LogP contribution in [0.15, 0.2) is 53.4 Å². The molecule has 1 amide bonds. The Morgan fingerprint density at radius 1 is 1.06 bits per heavy atom. The van der Waals surface area contributed by atoms with Gasteiger partial charge in [-0.3, -0.25) is 4.79 Å². The molecule has 0 unspecified atom stereocenters. The summed E-state index contributed by atoms with van der Waals surface area (Å²) in [6.45, 7) is 0.449. The van der Waals surface area contributed by atoms with E-state index in [1.54, 1.807) is 12.1 Å². The molecule has 0 aliphatic heterocycles. The predicted octanol–water partition coefficient (Wildman–Crippen LogP) is 3.47. The molecule has 0 aliphatic rings. The first-order chi connectivity index (χ1) is 14.5. The van der Waals surface area contributed by atoms with E-state index in [2.05, 4.69) is 5.32 Å². The van der Waals surface area contributed by atoms with Gasteiger partial charge in [0.25, 0.3) is 0 Å². The number of halogens is 3. The first kappa shape index (κ1) is 24.7. The van der Waals surface area contributed by atoms with E-state index in [-0.39, 0.29) is 30.3 Å². The molecule has 10 heteroatoms. The molecule has 2 rings (SSSR count). The fourth-order valence-electron chi connectivity index (χ4n) is 2.81. The van der Waals surface area contributed by atoms with Crippen LogP contribution in [0.25, 0.3) is 0 Å². The third-order valence-electron chi connectivity index (χ3n) is 4.66. The fourth-order valence-corrected chi connectivity index (χ4v) is 4.01. The van der Waals surface area contributed by atoms with Gasteiger partial charge in [0.2, 0.25) is 15.9 Å². The second-order valence-corrected chi connectivity index (χ2v) is 8.95. The molecule has 0 aliphatic carbocycles. The number of rotatable bonds is 10. The Hall–Kier alpha value is -2.59. The SMILES string of the molecule is COc1ccc(S(=O)(=O)N(C)CCCC(=O)NCCc2ccc(C(F)(F)F)cc2)cc1. The summed E-state index contributed by atoms with van der Waals surface area (Å²) in [4.78, 5) is 12.1. The average molecular weight is 459 g/mol. The number of carbonyl (C=O) groups is 1. The molecule has 0 spiro atoms. The summed E-state index contributed by atoms with van der Waals surface area (Å²) in [5.41, 5.74) is -0.0346. The number of alkyl halides is 3. The zero-order chi connectivity index (χ0) is 23.1. The van der Waals surface area contributed by atoms with Crippen molar-refractivity contribution in [3.63, 3.8) is 0 Å². The Morgan fingerprint density at radius 2 is 1.68 bits per heavy atom. The van der Waals surface area contributed by atoms with Crippen molar-refractivity contribution in [3.8, 4) is 5.75 Å². The minimum Gasteiger partial charge on any atom is -0.497 e. The molecule has 0 heterocycles. The molecule has 2 aromatic carbocycles.